The summed E-state index contributed by atoms with van der Waals surface area (Å²) in [4.78, 5) is 12.7. The molecule has 1 amide bonds. The molecule has 0 unspecified atom stereocenters. The molecular formula is C23H24N2O4S. The molecule has 3 aromatic carbocycles. The van der Waals surface area contributed by atoms with Gasteiger partial charge in [-0.05, 0) is 61.9 Å². The van der Waals surface area contributed by atoms with Gasteiger partial charge in [-0.3, -0.25) is 9.52 Å². The van der Waals surface area contributed by atoms with Crippen LogP contribution in [0.3, 0.4) is 0 Å². The molecule has 156 valence electrons. The summed E-state index contributed by atoms with van der Waals surface area (Å²) in [5.74, 6) is 0.326. The highest BCUT2D eigenvalue weighted by Gasteiger charge is 2.19. The van der Waals surface area contributed by atoms with Gasteiger partial charge in [0, 0.05) is 11.4 Å². The Morgan fingerprint density at radius 1 is 0.900 bits per heavy atom. The number of anilines is 2. The molecule has 0 saturated carbocycles. The van der Waals surface area contributed by atoms with Gasteiger partial charge in [-0.25, -0.2) is 8.42 Å². The van der Waals surface area contributed by atoms with Crippen molar-refractivity contribution in [2.75, 3.05) is 10.0 Å². The summed E-state index contributed by atoms with van der Waals surface area (Å²) in [5, 5.41) is 2.77. The molecule has 30 heavy (non-hydrogen) atoms. The van der Waals surface area contributed by atoms with Gasteiger partial charge < -0.3 is 10.1 Å². The second-order valence-corrected chi connectivity index (χ2v) is 8.50. The number of hydrogen-bond acceptors (Lipinski definition) is 4. The van der Waals surface area contributed by atoms with Crippen LogP contribution in [0, 0.1) is 6.92 Å². The Hall–Kier alpha value is -3.32. The summed E-state index contributed by atoms with van der Waals surface area (Å²) in [6, 6.07) is 22.1. The first-order chi connectivity index (χ1) is 14.4. The lowest BCUT2D eigenvalue weighted by Gasteiger charge is -2.17. The second-order valence-electron chi connectivity index (χ2n) is 6.81. The monoisotopic (exact) mass is 424 g/mol. The lowest BCUT2D eigenvalue weighted by molar-refractivity contribution is -0.122. The molecule has 0 fully saturated rings. The summed E-state index contributed by atoms with van der Waals surface area (Å²) in [7, 11) is -3.71. The van der Waals surface area contributed by atoms with Gasteiger partial charge >= 0.3 is 0 Å². The third kappa shape index (κ3) is 5.61. The molecule has 0 aliphatic heterocycles. The third-order valence-electron chi connectivity index (χ3n) is 4.42. The van der Waals surface area contributed by atoms with Crippen molar-refractivity contribution in [1.29, 1.82) is 0 Å². The lowest BCUT2D eigenvalue weighted by atomic mass is 10.2. The van der Waals surface area contributed by atoms with Gasteiger partial charge in [0.15, 0.2) is 6.10 Å². The van der Waals surface area contributed by atoms with E-state index in [1.54, 1.807) is 42.5 Å². The largest absolute Gasteiger partial charge is 0.481 e. The fourth-order valence-corrected chi connectivity index (χ4v) is 3.82. The number of hydrogen-bond donors (Lipinski definition) is 2. The first kappa shape index (κ1) is 21.4. The first-order valence-corrected chi connectivity index (χ1v) is 11.1. The average Bonchev–Trinajstić information content (AvgIpc) is 2.74. The molecule has 0 spiro atoms. The number of carbonyl (C=O) groups excluding carboxylic acids is 1. The predicted octanol–water partition coefficient (Wildman–Crippen LogP) is 4.59. The number of ether oxygens (including phenoxy) is 1. The molecule has 0 bridgehead atoms. The van der Waals surface area contributed by atoms with E-state index in [1.807, 2.05) is 38.1 Å². The number of carbonyl (C=O) groups is 1. The molecule has 0 heterocycles. The van der Waals surface area contributed by atoms with Gasteiger partial charge in [-0.2, -0.15) is 0 Å². The van der Waals surface area contributed by atoms with E-state index in [2.05, 4.69) is 10.0 Å². The van der Waals surface area contributed by atoms with Gasteiger partial charge in [-0.1, -0.05) is 42.8 Å². The number of sulfonamides is 1. The van der Waals surface area contributed by atoms with Gasteiger partial charge in [0.2, 0.25) is 0 Å². The maximum absolute atomic E-state index is 12.6. The summed E-state index contributed by atoms with van der Waals surface area (Å²) >= 11 is 0. The van der Waals surface area contributed by atoms with Gasteiger partial charge in [0.05, 0.1) is 4.90 Å². The number of para-hydroxylation sites is 1. The van der Waals surface area contributed by atoms with E-state index in [4.69, 9.17) is 4.74 Å². The molecule has 0 saturated heterocycles. The third-order valence-corrected chi connectivity index (χ3v) is 5.82. The molecule has 0 aromatic heterocycles. The maximum Gasteiger partial charge on any atom is 0.265 e. The normalized spacial score (nSPS) is 12.1. The number of amides is 1. The topological polar surface area (TPSA) is 84.5 Å². The van der Waals surface area contributed by atoms with Crippen molar-refractivity contribution >= 4 is 27.3 Å². The number of rotatable bonds is 8. The molecule has 3 rings (SSSR count). The van der Waals surface area contributed by atoms with Gasteiger partial charge in [0.25, 0.3) is 15.9 Å². The van der Waals surface area contributed by atoms with Gasteiger partial charge in [0.1, 0.15) is 5.75 Å². The van der Waals surface area contributed by atoms with Crippen LogP contribution in [-0.4, -0.2) is 20.4 Å². The van der Waals surface area contributed by atoms with Crippen LogP contribution < -0.4 is 14.8 Å². The van der Waals surface area contributed by atoms with Crippen LogP contribution in [0.1, 0.15) is 18.9 Å². The van der Waals surface area contributed by atoms with E-state index in [-0.39, 0.29) is 10.8 Å². The number of nitrogens with one attached hydrogen (secondary N) is 2. The summed E-state index contributed by atoms with van der Waals surface area (Å²) < 4.78 is 33.3. The van der Waals surface area contributed by atoms with Crippen molar-refractivity contribution < 1.29 is 17.9 Å². The fourth-order valence-electron chi connectivity index (χ4n) is 2.76. The van der Waals surface area contributed by atoms with Crippen LogP contribution in [-0.2, 0) is 14.8 Å². The molecular weight excluding hydrogens is 400 g/mol. The summed E-state index contributed by atoms with van der Waals surface area (Å²) in [6.45, 7) is 3.84. The van der Waals surface area contributed by atoms with Crippen LogP contribution in [0.2, 0.25) is 0 Å². The van der Waals surface area contributed by atoms with Crippen molar-refractivity contribution in [3.05, 3.63) is 84.4 Å². The maximum atomic E-state index is 12.6. The standard InChI is InChI=1S/C23H24N2O4S/c1-3-22(29-20-13-9-17(2)10-14-20)23(26)24-18-11-15-21(16-12-18)30(27,28)25-19-7-5-4-6-8-19/h4-16,22,25H,3H2,1-2H3,(H,24,26)/t22-/m0/s1. The minimum atomic E-state index is -3.71. The highest BCUT2D eigenvalue weighted by molar-refractivity contribution is 7.92. The minimum Gasteiger partial charge on any atom is -0.481 e. The zero-order valence-electron chi connectivity index (χ0n) is 16.8. The van der Waals surface area contributed by atoms with Crippen LogP contribution in [0.25, 0.3) is 0 Å². The van der Waals surface area contributed by atoms with Crippen molar-refractivity contribution in [3.8, 4) is 5.75 Å². The Balaban J connectivity index is 1.65. The molecule has 3 aromatic rings. The van der Waals surface area contributed by atoms with E-state index < -0.39 is 16.1 Å². The Labute approximate surface area is 177 Å². The van der Waals surface area contributed by atoms with Crippen molar-refractivity contribution in [2.24, 2.45) is 0 Å². The molecule has 1 atom stereocenters. The molecule has 2 N–H and O–H groups in total. The highest BCUT2D eigenvalue weighted by atomic mass is 32.2. The van der Waals surface area contributed by atoms with E-state index in [1.165, 1.54) is 12.1 Å². The Morgan fingerprint density at radius 2 is 1.53 bits per heavy atom. The van der Waals surface area contributed by atoms with E-state index >= 15 is 0 Å². The number of benzene rings is 3. The van der Waals surface area contributed by atoms with E-state index in [0.29, 0.717) is 23.5 Å². The number of aryl methyl sites for hydroxylation is 1. The van der Waals surface area contributed by atoms with E-state index in [9.17, 15) is 13.2 Å². The van der Waals surface area contributed by atoms with Crippen LogP contribution in [0.5, 0.6) is 5.75 Å². The molecule has 0 aliphatic rings. The Morgan fingerprint density at radius 3 is 2.13 bits per heavy atom. The van der Waals surface area contributed by atoms with Crippen LogP contribution >= 0.6 is 0 Å². The average molecular weight is 425 g/mol. The molecule has 7 heteroatoms. The van der Waals surface area contributed by atoms with Crippen molar-refractivity contribution in [2.45, 2.75) is 31.3 Å². The van der Waals surface area contributed by atoms with Gasteiger partial charge in [-0.15, -0.1) is 0 Å². The zero-order chi connectivity index (χ0) is 21.6. The molecule has 6 nitrogen and oxygen atoms in total. The Bertz CT molecular complexity index is 1080. The predicted molar refractivity (Wildman–Crippen MR) is 118 cm³/mol. The van der Waals surface area contributed by atoms with E-state index in [0.717, 1.165) is 5.56 Å². The van der Waals surface area contributed by atoms with Crippen molar-refractivity contribution in [1.82, 2.24) is 0 Å². The quantitative estimate of drug-likeness (QED) is 0.554. The van der Waals surface area contributed by atoms with Crippen LogP contribution in [0.15, 0.2) is 83.8 Å². The SMILES string of the molecule is CC[C@H](Oc1ccc(C)cc1)C(=O)Nc1ccc(S(=O)(=O)Nc2ccccc2)cc1. The van der Waals surface area contributed by atoms with Crippen LogP contribution in [0.4, 0.5) is 11.4 Å². The fraction of sp³-hybridized carbons (Fsp3) is 0.174. The van der Waals surface area contributed by atoms with Crippen molar-refractivity contribution in [3.63, 3.8) is 0 Å². The summed E-state index contributed by atoms with van der Waals surface area (Å²) in [5.41, 5.74) is 2.08. The molecule has 0 radical (unpaired) electrons. The lowest BCUT2D eigenvalue weighted by Crippen LogP contribution is -2.32. The highest BCUT2D eigenvalue weighted by Crippen LogP contribution is 2.19. The first-order valence-electron chi connectivity index (χ1n) is 9.59. The second kappa shape index (κ2) is 9.45. The minimum absolute atomic E-state index is 0.104. The smallest absolute Gasteiger partial charge is 0.265 e. The Kier molecular flexibility index (Phi) is 6.74. The molecule has 0 aliphatic carbocycles. The summed E-state index contributed by atoms with van der Waals surface area (Å²) in [6.07, 6.45) is -0.163. The zero-order valence-corrected chi connectivity index (χ0v) is 17.6.